The molecule has 0 amide bonds. The van der Waals surface area contributed by atoms with Gasteiger partial charge in [0, 0.05) is 32.5 Å². The smallest absolute Gasteiger partial charge is 0.307 e. The van der Waals surface area contributed by atoms with Gasteiger partial charge in [-0.15, -0.1) is 0 Å². The van der Waals surface area contributed by atoms with Crippen molar-refractivity contribution < 1.29 is 9.53 Å². The van der Waals surface area contributed by atoms with Gasteiger partial charge < -0.3 is 14.2 Å². The Hall–Kier alpha value is -1.52. The Bertz CT molecular complexity index is 322. The maximum Gasteiger partial charge on any atom is 0.307 e. The number of carbonyl (C=O) groups excluding carboxylic acids is 1. The third-order valence-corrected chi connectivity index (χ3v) is 2.27. The van der Waals surface area contributed by atoms with Gasteiger partial charge in [-0.25, -0.2) is 4.98 Å². The van der Waals surface area contributed by atoms with E-state index in [0.29, 0.717) is 13.0 Å². The maximum atomic E-state index is 11.0. The number of esters is 1. The monoisotopic (exact) mass is 211 g/mol. The highest BCUT2D eigenvalue weighted by Gasteiger charge is 2.10. The van der Waals surface area contributed by atoms with Gasteiger partial charge in [-0.1, -0.05) is 0 Å². The van der Waals surface area contributed by atoms with Gasteiger partial charge in [-0.3, -0.25) is 4.79 Å². The highest BCUT2D eigenvalue weighted by molar-refractivity contribution is 5.69. The summed E-state index contributed by atoms with van der Waals surface area (Å²) in [6.07, 6.45) is 4.02. The number of hydrogen-bond acceptors (Lipinski definition) is 4. The van der Waals surface area contributed by atoms with Gasteiger partial charge in [0.15, 0.2) is 0 Å². The molecule has 1 heterocycles. The number of rotatable bonds is 5. The van der Waals surface area contributed by atoms with Crippen molar-refractivity contribution in [2.24, 2.45) is 7.05 Å². The zero-order valence-corrected chi connectivity index (χ0v) is 9.43. The topological polar surface area (TPSA) is 47.4 Å². The molecular weight excluding hydrogens is 194 g/mol. The minimum atomic E-state index is -0.192. The molecule has 0 radical (unpaired) electrons. The van der Waals surface area contributed by atoms with Crippen LogP contribution in [0.1, 0.15) is 13.3 Å². The molecule has 0 saturated carbocycles. The second-order valence-corrected chi connectivity index (χ2v) is 3.24. The zero-order chi connectivity index (χ0) is 11.3. The highest BCUT2D eigenvalue weighted by Crippen LogP contribution is 2.09. The van der Waals surface area contributed by atoms with Gasteiger partial charge in [-0.05, 0) is 6.92 Å². The Morgan fingerprint density at radius 3 is 2.87 bits per heavy atom. The van der Waals surface area contributed by atoms with E-state index in [1.54, 1.807) is 6.20 Å². The number of aryl methyl sites for hydroxylation is 1. The largest absolute Gasteiger partial charge is 0.469 e. The first-order valence-corrected chi connectivity index (χ1v) is 4.98. The van der Waals surface area contributed by atoms with E-state index in [2.05, 4.69) is 9.72 Å². The fourth-order valence-electron chi connectivity index (χ4n) is 1.39. The van der Waals surface area contributed by atoms with Gasteiger partial charge in [-0.2, -0.15) is 0 Å². The van der Waals surface area contributed by atoms with Crippen LogP contribution in [0.25, 0.3) is 0 Å². The summed E-state index contributed by atoms with van der Waals surface area (Å²) in [4.78, 5) is 17.3. The third-order valence-electron chi connectivity index (χ3n) is 2.27. The molecule has 1 rings (SSSR count). The predicted molar refractivity (Wildman–Crippen MR) is 57.7 cm³/mol. The lowest BCUT2D eigenvalue weighted by Crippen LogP contribution is -2.28. The van der Waals surface area contributed by atoms with Crippen molar-refractivity contribution in [2.45, 2.75) is 13.3 Å². The van der Waals surface area contributed by atoms with Crippen LogP contribution in [0.5, 0.6) is 0 Å². The van der Waals surface area contributed by atoms with E-state index in [1.165, 1.54) is 7.11 Å². The minimum absolute atomic E-state index is 0.192. The molecule has 0 aliphatic heterocycles. The Morgan fingerprint density at radius 1 is 1.67 bits per heavy atom. The number of nitrogens with zero attached hydrogens (tertiary/aromatic N) is 3. The highest BCUT2D eigenvalue weighted by atomic mass is 16.5. The van der Waals surface area contributed by atoms with Crippen LogP contribution >= 0.6 is 0 Å². The summed E-state index contributed by atoms with van der Waals surface area (Å²) in [6, 6.07) is 0. The Labute approximate surface area is 89.7 Å². The number of methoxy groups -OCH3 is 1. The minimum Gasteiger partial charge on any atom is -0.469 e. The summed E-state index contributed by atoms with van der Waals surface area (Å²) in [5, 5.41) is 0. The Balaban J connectivity index is 2.57. The van der Waals surface area contributed by atoms with Crippen LogP contribution in [-0.4, -0.2) is 35.7 Å². The van der Waals surface area contributed by atoms with E-state index >= 15 is 0 Å². The second-order valence-electron chi connectivity index (χ2n) is 3.24. The van der Waals surface area contributed by atoms with Crippen molar-refractivity contribution in [3.05, 3.63) is 12.4 Å². The molecule has 5 nitrogen and oxygen atoms in total. The molecule has 0 aliphatic rings. The molecule has 1 aromatic rings. The van der Waals surface area contributed by atoms with Crippen LogP contribution in [-0.2, 0) is 16.6 Å². The van der Waals surface area contributed by atoms with Crippen molar-refractivity contribution in [3.63, 3.8) is 0 Å². The average Bonchev–Trinajstić information content (AvgIpc) is 2.65. The first-order chi connectivity index (χ1) is 7.19. The normalized spacial score (nSPS) is 10.1. The lowest BCUT2D eigenvalue weighted by Gasteiger charge is -2.21. The molecule has 0 aliphatic carbocycles. The van der Waals surface area contributed by atoms with Crippen LogP contribution in [0.2, 0.25) is 0 Å². The number of ether oxygens (including phenoxy) is 1. The van der Waals surface area contributed by atoms with Gasteiger partial charge in [0.1, 0.15) is 0 Å². The number of aromatic nitrogens is 2. The second kappa shape index (κ2) is 5.38. The predicted octanol–water partition coefficient (Wildman–Crippen LogP) is 0.809. The molecule has 0 spiro atoms. The lowest BCUT2D eigenvalue weighted by molar-refractivity contribution is -0.140. The lowest BCUT2D eigenvalue weighted by atomic mass is 10.4. The molecule has 1 aromatic heterocycles. The van der Waals surface area contributed by atoms with Gasteiger partial charge >= 0.3 is 5.97 Å². The van der Waals surface area contributed by atoms with Gasteiger partial charge in [0.05, 0.1) is 13.5 Å². The molecule has 15 heavy (non-hydrogen) atoms. The van der Waals surface area contributed by atoms with Crippen molar-refractivity contribution in [3.8, 4) is 0 Å². The fraction of sp³-hybridized carbons (Fsp3) is 0.600. The van der Waals surface area contributed by atoms with Crippen molar-refractivity contribution in [1.29, 1.82) is 0 Å². The number of imidazole rings is 1. The zero-order valence-electron chi connectivity index (χ0n) is 9.43. The SMILES string of the molecule is CCN(CCC(=O)OC)c1nccn1C. The van der Waals surface area contributed by atoms with E-state index < -0.39 is 0 Å². The number of hydrogen-bond donors (Lipinski definition) is 0. The van der Waals surface area contributed by atoms with E-state index in [-0.39, 0.29) is 5.97 Å². The number of anilines is 1. The Kier molecular flexibility index (Phi) is 4.15. The molecule has 0 unspecified atom stereocenters. The van der Waals surface area contributed by atoms with Crippen molar-refractivity contribution in [1.82, 2.24) is 9.55 Å². The van der Waals surface area contributed by atoms with E-state index in [0.717, 1.165) is 12.5 Å². The molecule has 0 aromatic carbocycles. The van der Waals surface area contributed by atoms with Crippen molar-refractivity contribution >= 4 is 11.9 Å². The summed E-state index contributed by atoms with van der Waals surface area (Å²) in [7, 11) is 3.34. The Morgan fingerprint density at radius 2 is 2.40 bits per heavy atom. The number of carbonyl (C=O) groups is 1. The molecular formula is C10H17N3O2. The molecule has 84 valence electrons. The molecule has 5 heteroatoms. The molecule has 0 N–H and O–H groups in total. The summed E-state index contributed by atoms with van der Waals surface area (Å²) in [5.41, 5.74) is 0. The van der Waals surface area contributed by atoms with E-state index in [9.17, 15) is 4.79 Å². The van der Waals surface area contributed by atoms with Crippen LogP contribution < -0.4 is 4.90 Å². The quantitative estimate of drug-likeness (QED) is 0.676. The maximum absolute atomic E-state index is 11.0. The van der Waals surface area contributed by atoms with Gasteiger partial charge in [0.25, 0.3) is 0 Å². The average molecular weight is 211 g/mol. The first-order valence-electron chi connectivity index (χ1n) is 4.98. The summed E-state index contributed by atoms with van der Waals surface area (Å²) < 4.78 is 6.53. The summed E-state index contributed by atoms with van der Waals surface area (Å²) in [5.74, 6) is 0.684. The molecule has 0 saturated heterocycles. The molecule has 0 bridgehead atoms. The van der Waals surface area contributed by atoms with Gasteiger partial charge in [0.2, 0.25) is 5.95 Å². The van der Waals surface area contributed by atoms with E-state index in [1.807, 2.05) is 29.6 Å². The van der Waals surface area contributed by atoms with E-state index in [4.69, 9.17) is 0 Å². The summed E-state index contributed by atoms with van der Waals surface area (Å²) in [6.45, 7) is 3.49. The fourth-order valence-corrected chi connectivity index (χ4v) is 1.39. The third kappa shape index (κ3) is 2.97. The molecule has 0 fully saturated rings. The first kappa shape index (κ1) is 11.6. The molecule has 0 atom stereocenters. The van der Waals surface area contributed by atoms with Crippen molar-refractivity contribution in [2.75, 3.05) is 25.1 Å². The summed E-state index contributed by atoms with van der Waals surface area (Å²) >= 11 is 0. The van der Waals surface area contributed by atoms with Crippen LogP contribution in [0.3, 0.4) is 0 Å². The van der Waals surface area contributed by atoms with Crippen LogP contribution in [0.15, 0.2) is 12.4 Å². The standard InChI is InChI=1S/C10H17N3O2/c1-4-13(7-5-9(14)15-3)10-11-6-8-12(10)2/h6,8H,4-5,7H2,1-3H3. The van der Waals surface area contributed by atoms with Crippen LogP contribution in [0.4, 0.5) is 5.95 Å². The van der Waals surface area contributed by atoms with Crippen LogP contribution in [0, 0.1) is 0 Å².